The summed E-state index contributed by atoms with van der Waals surface area (Å²) in [4.78, 5) is 12.5. The molecule has 1 aromatic carbocycles. The molecule has 27 heavy (non-hydrogen) atoms. The minimum atomic E-state index is -0.491. The van der Waals surface area contributed by atoms with Crippen molar-refractivity contribution < 1.29 is 18.7 Å². The SMILES string of the molecule is CCC(C)=C(/C=C\C(C(=O)NCc1cccc(OC)c1F)=C(/C)N)COC. The van der Waals surface area contributed by atoms with Crippen LogP contribution in [0.4, 0.5) is 4.39 Å². The van der Waals surface area contributed by atoms with E-state index in [1.54, 1.807) is 32.2 Å². The zero-order valence-corrected chi connectivity index (χ0v) is 16.7. The van der Waals surface area contributed by atoms with E-state index in [1.165, 1.54) is 18.7 Å². The minimum Gasteiger partial charge on any atom is -0.494 e. The smallest absolute Gasteiger partial charge is 0.253 e. The van der Waals surface area contributed by atoms with Crippen molar-refractivity contribution in [1.29, 1.82) is 0 Å². The lowest BCUT2D eigenvalue weighted by molar-refractivity contribution is -0.117. The monoisotopic (exact) mass is 376 g/mol. The van der Waals surface area contributed by atoms with Gasteiger partial charge in [0.25, 0.3) is 5.91 Å². The molecule has 1 rings (SSSR count). The lowest BCUT2D eigenvalue weighted by atomic mass is 10.1. The average molecular weight is 376 g/mol. The van der Waals surface area contributed by atoms with Crippen molar-refractivity contribution in [1.82, 2.24) is 5.32 Å². The highest BCUT2D eigenvalue weighted by atomic mass is 19.1. The Bertz CT molecular complexity index is 748. The second kappa shape index (κ2) is 11.2. The third-order valence-electron chi connectivity index (χ3n) is 4.20. The van der Waals surface area contributed by atoms with Crippen LogP contribution in [0.5, 0.6) is 5.75 Å². The van der Waals surface area contributed by atoms with Gasteiger partial charge < -0.3 is 20.5 Å². The van der Waals surface area contributed by atoms with E-state index in [2.05, 4.69) is 12.2 Å². The molecule has 0 aliphatic carbocycles. The molecule has 0 radical (unpaired) electrons. The first-order valence-corrected chi connectivity index (χ1v) is 8.77. The first-order chi connectivity index (χ1) is 12.8. The van der Waals surface area contributed by atoms with Crippen LogP contribution in [-0.2, 0) is 16.1 Å². The maximum absolute atomic E-state index is 14.2. The Morgan fingerprint density at radius 1 is 1.26 bits per heavy atom. The molecule has 6 heteroatoms. The van der Waals surface area contributed by atoms with Crippen molar-refractivity contribution in [3.63, 3.8) is 0 Å². The van der Waals surface area contributed by atoms with E-state index in [1.807, 2.05) is 13.0 Å². The molecular weight excluding hydrogens is 347 g/mol. The van der Waals surface area contributed by atoms with Gasteiger partial charge in [-0.2, -0.15) is 0 Å². The largest absolute Gasteiger partial charge is 0.494 e. The number of allylic oxidation sites excluding steroid dienone is 2. The number of nitrogens with one attached hydrogen (secondary N) is 1. The van der Waals surface area contributed by atoms with E-state index in [9.17, 15) is 9.18 Å². The maximum atomic E-state index is 14.2. The fraction of sp³-hybridized carbons (Fsp3) is 0.381. The molecular formula is C21H29FN2O3. The summed E-state index contributed by atoms with van der Waals surface area (Å²) in [5.41, 5.74) is 9.08. The average Bonchev–Trinajstić information content (AvgIpc) is 2.65. The van der Waals surface area contributed by atoms with E-state index < -0.39 is 5.82 Å². The fourth-order valence-corrected chi connectivity index (χ4v) is 2.39. The molecule has 0 aliphatic rings. The van der Waals surface area contributed by atoms with Gasteiger partial charge in [0.05, 0.1) is 19.3 Å². The summed E-state index contributed by atoms with van der Waals surface area (Å²) in [6.45, 7) is 6.20. The Balaban J connectivity index is 2.95. The van der Waals surface area contributed by atoms with Crippen molar-refractivity contribution in [3.8, 4) is 5.75 Å². The van der Waals surface area contributed by atoms with Crippen LogP contribution in [-0.4, -0.2) is 26.7 Å². The molecule has 0 unspecified atom stereocenters. The van der Waals surface area contributed by atoms with Crippen molar-refractivity contribution >= 4 is 5.91 Å². The quantitative estimate of drug-likeness (QED) is 0.510. The minimum absolute atomic E-state index is 0.0290. The normalized spacial score (nSPS) is 13.3. The van der Waals surface area contributed by atoms with Gasteiger partial charge in [0.15, 0.2) is 11.6 Å². The number of halogens is 1. The van der Waals surface area contributed by atoms with E-state index >= 15 is 0 Å². The Morgan fingerprint density at radius 2 is 1.96 bits per heavy atom. The van der Waals surface area contributed by atoms with Crippen LogP contribution >= 0.6 is 0 Å². The van der Waals surface area contributed by atoms with Crippen molar-refractivity contribution in [2.45, 2.75) is 33.7 Å². The Hall–Kier alpha value is -2.60. The molecule has 0 spiro atoms. The number of nitrogens with two attached hydrogens (primary N) is 1. The third-order valence-corrected chi connectivity index (χ3v) is 4.20. The van der Waals surface area contributed by atoms with E-state index in [0.717, 1.165) is 12.0 Å². The van der Waals surface area contributed by atoms with Gasteiger partial charge in [-0.15, -0.1) is 0 Å². The molecule has 0 fully saturated rings. The predicted octanol–water partition coefficient (Wildman–Crippen LogP) is 3.61. The summed E-state index contributed by atoms with van der Waals surface area (Å²) in [5.74, 6) is -0.731. The van der Waals surface area contributed by atoms with Gasteiger partial charge in [0, 0.05) is 24.9 Å². The summed E-state index contributed by atoms with van der Waals surface area (Å²) in [6, 6.07) is 4.79. The van der Waals surface area contributed by atoms with Gasteiger partial charge in [0.2, 0.25) is 0 Å². The molecule has 148 valence electrons. The molecule has 0 aromatic heterocycles. The van der Waals surface area contributed by atoms with Gasteiger partial charge in [-0.25, -0.2) is 4.39 Å². The third kappa shape index (κ3) is 6.57. The number of hydrogen-bond donors (Lipinski definition) is 2. The highest BCUT2D eigenvalue weighted by molar-refractivity contribution is 5.96. The van der Waals surface area contributed by atoms with Crippen molar-refractivity contribution in [3.05, 3.63) is 64.1 Å². The van der Waals surface area contributed by atoms with Gasteiger partial charge in [-0.05, 0) is 38.0 Å². The second-order valence-electron chi connectivity index (χ2n) is 6.14. The fourth-order valence-electron chi connectivity index (χ4n) is 2.39. The molecule has 3 N–H and O–H groups in total. The number of carbonyl (C=O) groups is 1. The van der Waals surface area contributed by atoms with Crippen molar-refractivity contribution in [2.75, 3.05) is 20.8 Å². The molecule has 0 bridgehead atoms. The number of methoxy groups -OCH3 is 2. The number of hydrogen-bond acceptors (Lipinski definition) is 4. The summed E-state index contributed by atoms with van der Waals surface area (Å²) in [7, 11) is 3.02. The highest BCUT2D eigenvalue weighted by Crippen LogP contribution is 2.20. The van der Waals surface area contributed by atoms with Gasteiger partial charge in [-0.1, -0.05) is 30.7 Å². The van der Waals surface area contributed by atoms with Gasteiger partial charge >= 0.3 is 0 Å². The molecule has 0 saturated carbocycles. The van der Waals surface area contributed by atoms with Crippen LogP contribution in [0, 0.1) is 5.82 Å². The Kier molecular flexibility index (Phi) is 9.30. The topological polar surface area (TPSA) is 73.6 Å². The van der Waals surface area contributed by atoms with E-state index in [-0.39, 0.29) is 18.2 Å². The molecule has 1 aromatic rings. The van der Waals surface area contributed by atoms with E-state index in [0.29, 0.717) is 23.4 Å². The molecule has 5 nitrogen and oxygen atoms in total. The molecule has 0 atom stereocenters. The predicted molar refractivity (Wildman–Crippen MR) is 106 cm³/mol. The van der Waals surface area contributed by atoms with Crippen LogP contribution in [0.1, 0.15) is 32.8 Å². The molecule has 1 amide bonds. The van der Waals surface area contributed by atoms with Crippen LogP contribution in [0.3, 0.4) is 0 Å². The van der Waals surface area contributed by atoms with Gasteiger partial charge in [0.1, 0.15) is 0 Å². The number of benzene rings is 1. The molecule has 0 saturated heterocycles. The Morgan fingerprint density at radius 3 is 2.52 bits per heavy atom. The lowest BCUT2D eigenvalue weighted by Crippen LogP contribution is -2.26. The first kappa shape index (κ1) is 22.4. The summed E-state index contributed by atoms with van der Waals surface area (Å²) >= 11 is 0. The zero-order valence-electron chi connectivity index (χ0n) is 16.7. The summed E-state index contributed by atoms with van der Waals surface area (Å²) in [6.07, 6.45) is 4.38. The number of ether oxygens (including phenoxy) is 2. The van der Waals surface area contributed by atoms with Crippen LogP contribution in [0.15, 0.2) is 52.8 Å². The van der Waals surface area contributed by atoms with Crippen molar-refractivity contribution in [2.24, 2.45) is 5.73 Å². The number of amides is 1. The van der Waals surface area contributed by atoms with Crippen LogP contribution in [0.2, 0.25) is 0 Å². The number of carbonyl (C=O) groups excluding carboxylic acids is 1. The van der Waals surface area contributed by atoms with Gasteiger partial charge in [-0.3, -0.25) is 4.79 Å². The zero-order chi connectivity index (χ0) is 20.4. The highest BCUT2D eigenvalue weighted by Gasteiger charge is 2.12. The number of rotatable bonds is 9. The second-order valence-corrected chi connectivity index (χ2v) is 6.14. The van der Waals surface area contributed by atoms with Crippen LogP contribution < -0.4 is 15.8 Å². The van der Waals surface area contributed by atoms with E-state index in [4.69, 9.17) is 15.2 Å². The standard InChI is InChI=1S/C21H29FN2O3/c1-6-14(2)17(13-26-4)10-11-18(15(3)23)21(25)24-12-16-8-7-9-19(27-5)20(16)22/h7-11H,6,12-13,23H2,1-5H3,(H,24,25)/b11-10-,17-14?,18-15-. The molecule has 0 heterocycles. The maximum Gasteiger partial charge on any atom is 0.253 e. The lowest BCUT2D eigenvalue weighted by Gasteiger charge is -2.11. The first-order valence-electron chi connectivity index (χ1n) is 8.77. The summed E-state index contributed by atoms with van der Waals surface area (Å²) in [5, 5.41) is 2.70. The molecule has 0 aliphatic heterocycles. The summed E-state index contributed by atoms with van der Waals surface area (Å²) < 4.78 is 24.4. The van der Waals surface area contributed by atoms with Crippen LogP contribution in [0.25, 0.3) is 0 Å². The Labute approximate surface area is 160 Å².